The van der Waals surface area contributed by atoms with E-state index in [-0.39, 0.29) is 12.5 Å². The number of esters is 1. The molecule has 6 nitrogen and oxygen atoms in total. The number of carbonyl (C=O) groups is 2. The number of carbonyl (C=O) groups excluding carboxylic acids is 2. The van der Waals surface area contributed by atoms with Gasteiger partial charge in [-0.15, -0.1) is 22.7 Å². The molecule has 0 spiro atoms. The van der Waals surface area contributed by atoms with Crippen molar-refractivity contribution in [3.8, 4) is 0 Å². The molecule has 26 heavy (non-hydrogen) atoms. The van der Waals surface area contributed by atoms with E-state index in [0.29, 0.717) is 16.1 Å². The molecule has 0 aliphatic rings. The Hall–Kier alpha value is -2.71. The first-order valence-electron chi connectivity index (χ1n) is 7.92. The normalized spacial score (nSPS) is 10.4. The van der Waals surface area contributed by atoms with Gasteiger partial charge < -0.3 is 15.4 Å². The number of nitrogens with zero attached hydrogens (tertiary/aromatic N) is 1. The summed E-state index contributed by atoms with van der Waals surface area (Å²) >= 11 is 2.82. The van der Waals surface area contributed by atoms with Crippen LogP contribution in [0.2, 0.25) is 0 Å². The number of anilines is 3. The van der Waals surface area contributed by atoms with Crippen LogP contribution in [0.1, 0.15) is 32.5 Å². The molecule has 0 unspecified atom stereocenters. The van der Waals surface area contributed by atoms with Crippen LogP contribution in [0, 0.1) is 6.92 Å². The number of rotatable bonds is 6. The fraction of sp³-hybridized carbons (Fsp3) is 0.167. The van der Waals surface area contributed by atoms with Crippen molar-refractivity contribution in [3.63, 3.8) is 0 Å². The molecular weight excluding hydrogens is 370 g/mol. The number of amides is 1. The average molecular weight is 387 g/mol. The molecule has 3 aromatic rings. The first kappa shape index (κ1) is 18.1. The Morgan fingerprint density at radius 3 is 2.85 bits per heavy atom. The molecule has 2 aromatic heterocycles. The Labute approximate surface area is 158 Å². The highest BCUT2D eigenvalue weighted by atomic mass is 32.1. The number of thiazole rings is 1. The van der Waals surface area contributed by atoms with Gasteiger partial charge in [-0.1, -0.05) is 6.07 Å². The molecular formula is C18H17N3O3S2. The number of aromatic nitrogens is 1. The van der Waals surface area contributed by atoms with E-state index in [0.717, 1.165) is 15.7 Å². The molecule has 2 heterocycles. The summed E-state index contributed by atoms with van der Waals surface area (Å²) in [5.41, 5.74) is 1.62. The largest absolute Gasteiger partial charge is 0.462 e. The Bertz CT molecular complexity index is 920. The molecule has 0 aliphatic heterocycles. The predicted octanol–water partition coefficient (Wildman–Crippen LogP) is 4.69. The van der Waals surface area contributed by atoms with Gasteiger partial charge in [0.1, 0.15) is 5.00 Å². The molecule has 0 saturated heterocycles. The van der Waals surface area contributed by atoms with Crippen molar-refractivity contribution in [2.75, 3.05) is 17.2 Å². The van der Waals surface area contributed by atoms with Gasteiger partial charge in [-0.25, -0.2) is 9.78 Å². The van der Waals surface area contributed by atoms with Gasteiger partial charge in [0.15, 0.2) is 5.13 Å². The topological polar surface area (TPSA) is 80.3 Å². The molecule has 0 aliphatic carbocycles. The third-order valence-corrected chi connectivity index (χ3v) is 5.04. The van der Waals surface area contributed by atoms with E-state index in [4.69, 9.17) is 4.74 Å². The van der Waals surface area contributed by atoms with Crippen molar-refractivity contribution < 1.29 is 14.3 Å². The fourth-order valence-electron chi connectivity index (χ4n) is 2.29. The summed E-state index contributed by atoms with van der Waals surface area (Å²) in [7, 11) is 0. The fourth-order valence-corrected chi connectivity index (χ4v) is 3.73. The summed E-state index contributed by atoms with van der Waals surface area (Å²) in [6.07, 6.45) is 1.71. The van der Waals surface area contributed by atoms with Crippen molar-refractivity contribution in [3.05, 3.63) is 57.9 Å². The second kappa shape index (κ2) is 8.11. The molecule has 2 N–H and O–H groups in total. The molecule has 0 bridgehead atoms. The first-order chi connectivity index (χ1) is 12.6. The summed E-state index contributed by atoms with van der Waals surface area (Å²) in [5, 5.41) is 9.07. The third kappa shape index (κ3) is 4.27. The summed E-state index contributed by atoms with van der Waals surface area (Å²) in [6.45, 7) is 3.91. The van der Waals surface area contributed by atoms with Gasteiger partial charge in [0.05, 0.1) is 12.2 Å². The average Bonchev–Trinajstić information content (AvgIpc) is 3.25. The lowest BCUT2D eigenvalue weighted by Gasteiger charge is -2.08. The number of ether oxygens (including phenoxy) is 1. The molecule has 8 heteroatoms. The highest BCUT2D eigenvalue weighted by Gasteiger charge is 2.18. The van der Waals surface area contributed by atoms with E-state index in [1.54, 1.807) is 37.4 Å². The lowest BCUT2D eigenvalue weighted by Crippen LogP contribution is -2.14. The molecule has 0 fully saturated rings. The zero-order valence-electron chi connectivity index (χ0n) is 14.2. The van der Waals surface area contributed by atoms with Crippen LogP contribution in [0.5, 0.6) is 0 Å². The summed E-state index contributed by atoms with van der Waals surface area (Å²) in [6, 6.07) is 8.82. The second-order valence-electron chi connectivity index (χ2n) is 5.32. The molecule has 0 saturated carbocycles. The Morgan fingerprint density at radius 1 is 1.27 bits per heavy atom. The minimum Gasteiger partial charge on any atom is -0.462 e. The maximum atomic E-state index is 12.6. The molecule has 3 rings (SSSR count). The van der Waals surface area contributed by atoms with E-state index < -0.39 is 5.97 Å². The van der Waals surface area contributed by atoms with Crippen molar-refractivity contribution >= 4 is 50.4 Å². The predicted molar refractivity (Wildman–Crippen MR) is 105 cm³/mol. The maximum absolute atomic E-state index is 12.6. The quantitative estimate of drug-likeness (QED) is 0.600. The third-order valence-electron chi connectivity index (χ3n) is 3.39. The molecule has 1 aromatic carbocycles. The monoisotopic (exact) mass is 387 g/mol. The van der Waals surface area contributed by atoms with Crippen LogP contribution in [0.25, 0.3) is 0 Å². The SMILES string of the molecule is CCOC(=O)c1cc(C)sc1NC(=O)c1cccc(Nc2nccs2)c1. The maximum Gasteiger partial charge on any atom is 0.341 e. The second-order valence-corrected chi connectivity index (χ2v) is 7.47. The number of aryl methyl sites for hydroxylation is 1. The van der Waals surface area contributed by atoms with E-state index >= 15 is 0 Å². The van der Waals surface area contributed by atoms with Crippen LogP contribution in [0.3, 0.4) is 0 Å². The van der Waals surface area contributed by atoms with Gasteiger partial charge >= 0.3 is 5.97 Å². The highest BCUT2D eigenvalue weighted by Crippen LogP contribution is 2.29. The lowest BCUT2D eigenvalue weighted by atomic mass is 10.2. The van der Waals surface area contributed by atoms with Gasteiger partial charge in [0.2, 0.25) is 0 Å². The number of nitrogens with one attached hydrogen (secondary N) is 2. The number of hydrogen-bond acceptors (Lipinski definition) is 7. The zero-order chi connectivity index (χ0) is 18.5. The lowest BCUT2D eigenvalue weighted by molar-refractivity contribution is 0.0528. The van der Waals surface area contributed by atoms with Crippen LogP contribution in [0.15, 0.2) is 41.9 Å². The number of thiophene rings is 1. The van der Waals surface area contributed by atoms with Crippen LogP contribution in [-0.2, 0) is 4.74 Å². The van der Waals surface area contributed by atoms with Gasteiger partial charge in [-0.3, -0.25) is 4.79 Å². The number of benzene rings is 1. The van der Waals surface area contributed by atoms with Gasteiger partial charge in [0.25, 0.3) is 5.91 Å². The van der Waals surface area contributed by atoms with Crippen molar-refractivity contribution in [2.45, 2.75) is 13.8 Å². The Balaban J connectivity index is 1.77. The Morgan fingerprint density at radius 2 is 2.12 bits per heavy atom. The zero-order valence-corrected chi connectivity index (χ0v) is 15.9. The summed E-state index contributed by atoms with van der Waals surface area (Å²) < 4.78 is 5.05. The molecule has 0 radical (unpaired) electrons. The molecule has 0 atom stereocenters. The molecule has 134 valence electrons. The highest BCUT2D eigenvalue weighted by molar-refractivity contribution is 7.16. The van der Waals surface area contributed by atoms with Crippen LogP contribution in [0.4, 0.5) is 15.8 Å². The number of hydrogen-bond donors (Lipinski definition) is 2. The standard InChI is InChI=1S/C18H17N3O3S2/c1-3-24-17(23)14-9-11(2)26-16(14)21-15(22)12-5-4-6-13(10-12)20-18-19-7-8-25-18/h4-10H,3H2,1-2H3,(H,19,20)(H,21,22). The van der Waals surface area contributed by atoms with E-state index in [1.807, 2.05) is 18.4 Å². The van der Waals surface area contributed by atoms with Crippen LogP contribution < -0.4 is 10.6 Å². The van der Waals surface area contributed by atoms with Gasteiger partial charge in [-0.2, -0.15) is 0 Å². The van der Waals surface area contributed by atoms with E-state index in [1.165, 1.54) is 22.7 Å². The molecule has 1 amide bonds. The summed E-state index contributed by atoms with van der Waals surface area (Å²) in [5.74, 6) is -0.730. The van der Waals surface area contributed by atoms with Crippen molar-refractivity contribution in [1.82, 2.24) is 4.98 Å². The van der Waals surface area contributed by atoms with Crippen LogP contribution >= 0.6 is 22.7 Å². The minimum absolute atomic E-state index is 0.283. The van der Waals surface area contributed by atoms with Crippen molar-refractivity contribution in [1.29, 1.82) is 0 Å². The van der Waals surface area contributed by atoms with E-state index in [2.05, 4.69) is 15.6 Å². The first-order valence-corrected chi connectivity index (χ1v) is 9.62. The smallest absolute Gasteiger partial charge is 0.341 e. The Kier molecular flexibility index (Phi) is 5.65. The van der Waals surface area contributed by atoms with Crippen molar-refractivity contribution in [2.24, 2.45) is 0 Å². The summed E-state index contributed by atoms with van der Waals surface area (Å²) in [4.78, 5) is 29.7. The van der Waals surface area contributed by atoms with Gasteiger partial charge in [0, 0.05) is 27.7 Å². The van der Waals surface area contributed by atoms with E-state index in [9.17, 15) is 9.59 Å². The van der Waals surface area contributed by atoms with Gasteiger partial charge in [-0.05, 0) is 38.1 Å². The minimum atomic E-state index is -0.439. The van der Waals surface area contributed by atoms with Crippen LogP contribution in [-0.4, -0.2) is 23.5 Å².